The zero-order valence-electron chi connectivity index (χ0n) is 17.3. The Morgan fingerprint density at radius 2 is 1.30 bits per heavy atom. The maximum atomic E-state index is 14.8. The molecule has 0 amide bonds. The van der Waals surface area contributed by atoms with Crippen molar-refractivity contribution in [2.24, 2.45) is 0 Å². The molecule has 0 spiro atoms. The molecule has 0 radical (unpaired) electrons. The van der Waals surface area contributed by atoms with E-state index in [4.69, 9.17) is 0 Å². The van der Waals surface area contributed by atoms with Crippen molar-refractivity contribution in [3.05, 3.63) is 95.1 Å². The summed E-state index contributed by atoms with van der Waals surface area (Å²) in [5.41, 5.74) is -0.512. The Labute approximate surface area is 186 Å². The average Bonchev–Trinajstić information content (AvgIpc) is 2.72. The van der Waals surface area contributed by atoms with E-state index in [2.05, 4.69) is 0 Å². The predicted molar refractivity (Wildman–Crippen MR) is 113 cm³/mol. The molecule has 0 aliphatic rings. The fourth-order valence-electron chi connectivity index (χ4n) is 3.27. The van der Waals surface area contributed by atoms with Gasteiger partial charge in [0.05, 0.1) is 11.1 Å². The Kier molecular flexibility index (Phi) is 7.27. The second-order valence-electron chi connectivity index (χ2n) is 7.18. The first-order valence-electron chi connectivity index (χ1n) is 9.88. The first kappa shape index (κ1) is 24.1. The lowest BCUT2D eigenvalue weighted by atomic mass is 9.97. The first-order valence-corrected chi connectivity index (χ1v) is 9.88. The molecule has 0 fully saturated rings. The number of aryl methyl sites for hydroxylation is 1. The normalized spacial score (nSPS) is 11.5. The van der Waals surface area contributed by atoms with Crippen LogP contribution < -0.4 is 0 Å². The zero-order valence-corrected chi connectivity index (χ0v) is 17.3. The summed E-state index contributed by atoms with van der Waals surface area (Å²) in [4.78, 5) is 0. The molecule has 3 rings (SSSR count). The fourth-order valence-corrected chi connectivity index (χ4v) is 3.27. The van der Waals surface area contributed by atoms with E-state index in [0.29, 0.717) is 17.7 Å². The Hall–Kier alpha value is -3.53. The molecule has 0 heterocycles. The lowest BCUT2D eigenvalue weighted by molar-refractivity contribution is -0.0696. The van der Waals surface area contributed by atoms with Crippen LogP contribution in [0.2, 0.25) is 0 Å². The topological polar surface area (TPSA) is 0 Å². The van der Waals surface area contributed by atoms with E-state index >= 15 is 0 Å². The van der Waals surface area contributed by atoms with Gasteiger partial charge in [-0.1, -0.05) is 42.3 Å². The second kappa shape index (κ2) is 9.95. The summed E-state index contributed by atoms with van der Waals surface area (Å²) in [7, 11) is 0. The Balaban J connectivity index is 1.94. The maximum Gasteiger partial charge on any atom is 0.458 e. The number of benzene rings is 3. The molecule has 0 saturated heterocycles. The molecule has 0 aliphatic carbocycles. The lowest BCUT2D eigenvalue weighted by Crippen LogP contribution is -2.03. The van der Waals surface area contributed by atoms with Crippen LogP contribution in [0.5, 0.6) is 0 Å². The molecule has 3 aromatic carbocycles. The van der Waals surface area contributed by atoms with Gasteiger partial charge >= 0.3 is 6.18 Å². The number of rotatable bonds is 5. The summed E-state index contributed by atoms with van der Waals surface area (Å²) < 4.78 is 94.5. The van der Waals surface area contributed by atoms with E-state index in [1.54, 1.807) is 12.1 Å². The van der Waals surface area contributed by atoms with Crippen molar-refractivity contribution in [2.45, 2.75) is 25.9 Å². The SMILES string of the molecule is CC=CCCc1ccc(-c2cc(F)c(-c3cc(F)c(C#CC(F)(F)F)c(F)c3)c(F)c2)cc1. The highest BCUT2D eigenvalue weighted by molar-refractivity contribution is 5.72. The number of hydrogen-bond acceptors (Lipinski definition) is 0. The van der Waals surface area contributed by atoms with Crippen LogP contribution in [-0.2, 0) is 6.42 Å². The monoisotopic (exact) mass is 462 g/mol. The summed E-state index contributed by atoms with van der Waals surface area (Å²) in [6, 6.07) is 10.3. The van der Waals surface area contributed by atoms with Gasteiger partial charge in [-0.05, 0) is 66.3 Å². The van der Waals surface area contributed by atoms with Gasteiger partial charge in [0, 0.05) is 5.92 Å². The van der Waals surface area contributed by atoms with Crippen LogP contribution in [0.4, 0.5) is 30.7 Å². The van der Waals surface area contributed by atoms with Crippen LogP contribution in [0.25, 0.3) is 22.3 Å². The molecule has 3 aromatic rings. The third-order valence-corrected chi connectivity index (χ3v) is 4.82. The van der Waals surface area contributed by atoms with E-state index < -0.39 is 46.1 Å². The van der Waals surface area contributed by atoms with Crippen LogP contribution in [0.15, 0.2) is 60.7 Å². The molecule has 0 nitrogen and oxygen atoms in total. The maximum absolute atomic E-state index is 14.8. The van der Waals surface area contributed by atoms with E-state index in [1.807, 2.05) is 31.2 Å². The van der Waals surface area contributed by atoms with E-state index in [9.17, 15) is 30.7 Å². The molecule has 0 aliphatic heterocycles. The highest BCUT2D eigenvalue weighted by atomic mass is 19.4. The Morgan fingerprint density at radius 3 is 1.82 bits per heavy atom. The molecular weight excluding hydrogens is 445 g/mol. The van der Waals surface area contributed by atoms with Gasteiger partial charge in [0.2, 0.25) is 0 Å². The standard InChI is InChI=1S/C26H17F7/c1-2-3-4-5-16-6-8-17(9-7-16)18-12-23(29)25(24(30)13-18)19-14-21(27)20(22(28)15-19)10-11-26(31,32)33/h2-3,6-9,12-15H,4-5H2,1H3. The lowest BCUT2D eigenvalue weighted by Gasteiger charge is -2.11. The molecule has 33 heavy (non-hydrogen) atoms. The average molecular weight is 462 g/mol. The van der Waals surface area contributed by atoms with Crippen molar-refractivity contribution in [3.8, 4) is 34.1 Å². The minimum Gasteiger partial charge on any atom is -0.206 e. The van der Waals surface area contributed by atoms with Crippen molar-refractivity contribution in [1.29, 1.82) is 0 Å². The van der Waals surface area contributed by atoms with Crippen molar-refractivity contribution in [2.75, 3.05) is 0 Å². The summed E-state index contributed by atoms with van der Waals surface area (Å²) in [6.45, 7) is 1.93. The van der Waals surface area contributed by atoms with Gasteiger partial charge in [-0.15, -0.1) is 0 Å². The molecule has 0 unspecified atom stereocenters. The summed E-state index contributed by atoms with van der Waals surface area (Å²) in [5.74, 6) is -2.94. The van der Waals surface area contributed by atoms with Crippen LogP contribution in [0, 0.1) is 35.1 Å². The zero-order chi connectivity index (χ0) is 24.2. The minimum atomic E-state index is -4.95. The van der Waals surface area contributed by atoms with Crippen molar-refractivity contribution < 1.29 is 30.7 Å². The van der Waals surface area contributed by atoms with Gasteiger partial charge in [0.25, 0.3) is 0 Å². The number of halogens is 7. The molecule has 170 valence electrons. The van der Waals surface area contributed by atoms with Crippen molar-refractivity contribution in [1.82, 2.24) is 0 Å². The molecule has 0 aromatic heterocycles. The van der Waals surface area contributed by atoms with Crippen LogP contribution in [-0.4, -0.2) is 6.18 Å². The smallest absolute Gasteiger partial charge is 0.206 e. The van der Waals surface area contributed by atoms with Gasteiger partial charge in [-0.25, -0.2) is 17.6 Å². The van der Waals surface area contributed by atoms with Crippen molar-refractivity contribution in [3.63, 3.8) is 0 Å². The number of allylic oxidation sites excluding steroid dienone is 2. The molecule has 0 bridgehead atoms. The van der Waals surface area contributed by atoms with E-state index in [0.717, 1.165) is 36.5 Å². The first-order chi connectivity index (χ1) is 15.6. The third kappa shape index (κ3) is 6.04. The summed E-state index contributed by atoms with van der Waals surface area (Å²) >= 11 is 0. The second-order valence-corrected chi connectivity index (χ2v) is 7.18. The van der Waals surface area contributed by atoms with Gasteiger partial charge in [-0.3, -0.25) is 0 Å². The van der Waals surface area contributed by atoms with E-state index in [-0.39, 0.29) is 5.56 Å². The summed E-state index contributed by atoms with van der Waals surface area (Å²) in [6.07, 6.45) is 0.700. The molecular formula is C26H17F7. The van der Waals surface area contributed by atoms with Gasteiger partial charge in [0.15, 0.2) is 0 Å². The summed E-state index contributed by atoms with van der Waals surface area (Å²) in [5, 5.41) is 0. The van der Waals surface area contributed by atoms with Crippen molar-refractivity contribution >= 4 is 0 Å². The predicted octanol–water partition coefficient (Wildman–Crippen LogP) is 8.00. The largest absolute Gasteiger partial charge is 0.458 e. The molecule has 0 N–H and O–H groups in total. The Bertz CT molecular complexity index is 1190. The quantitative estimate of drug-likeness (QED) is 0.205. The number of alkyl halides is 3. The van der Waals surface area contributed by atoms with Gasteiger partial charge < -0.3 is 0 Å². The van der Waals surface area contributed by atoms with Crippen LogP contribution in [0.3, 0.4) is 0 Å². The van der Waals surface area contributed by atoms with Gasteiger partial charge in [0.1, 0.15) is 23.3 Å². The third-order valence-electron chi connectivity index (χ3n) is 4.82. The molecule has 0 saturated carbocycles. The highest BCUT2D eigenvalue weighted by Crippen LogP contribution is 2.33. The fraction of sp³-hybridized carbons (Fsp3) is 0.154. The minimum absolute atomic E-state index is 0.224. The molecule has 0 atom stereocenters. The molecule has 7 heteroatoms. The van der Waals surface area contributed by atoms with E-state index in [1.165, 1.54) is 5.92 Å². The highest BCUT2D eigenvalue weighted by Gasteiger charge is 2.24. The van der Waals surface area contributed by atoms with Crippen LogP contribution in [0.1, 0.15) is 24.5 Å². The van der Waals surface area contributed by atoms with Crippen LogP contribution >= 0.6 is 0 Å². The number of hydrogen-bond donors (Lipinski definition) is 0. The Morgan fingerprint density at radius 1 is 0.758 bits per heavy atom. The van der Waals surface area contributed by atoms with Gasteiger partial charge in [-0.2, -0.15) is 13.2 Å².